The van der Waals surface area contributed by atoms with Crippen molar-refractivity contribution >= 4 is 39.6 Å². The van der Waals surface area contributed by atoms with Gasteiger partial charge in [0.05, 0.1) is 17.8 Å². The topological polar surface area (TPSA) is 84.0 Å². The van der Waals surface area contributed by atoms with Crippen LogP contribution in [0.2, 0.25) is 0 Å². The minimum absolute atomic E-state index is 0.000340. The van der Waals surface area contributed by atoms with Crippen LogP contribution in [-0.4, -0.2) is 28.3 Å². The molecule has 0 spiro atoms. The normalized spacial score (nSPS) is 10.8. The van der Waals surface area contributed by atoms with Gasteiger partial charge in [0, 0.05) is 35.4 Å². The average Bonchev–Trinajstić information content (AvgIpc) is 3.47. The molecule has 6 nitrogen and oxygen atoms in total. The van der Waals surface area contributed by atoms with E-state index in [0.29, 0.717) is 11.7 Å². The zero-order chi connectivity index (χ0) is 23.9. The molecule has 0 aliphatic heterocycles. The fourth-order valence-corrected chi connectivity index (χ4v) is 5.04. The van der Waals surface area contributed by atoms with Crippen molar-refractivity contribution in [1.29, 1.82) is 0 Å². The van der Waals surface area contributed by atoms with E-state index in [1.165, 1.54) is 29.4 Å². The van der Waals surface area contributed by atoms with Crippen molar-refractivity contribution < 1.29 is 9.59 Å². The Morgan fingerprint density at radius 2 is 1.79 bits per heavy atom. The molecule has 174 valence electrons. The molecule has 2 amide bonds. The van der Waals surface area contributed by atoms with E-state index in [2.05, 4.69) is 51.8 Å². The van der Waals surface area contributed by atoms with Gasteiger partial charge < -0.3 is 10.6 Å². The molecule has 0 atom stereocenters. The summed E-state index contributed by atoms with van der Waals surface area (Å²) >= 11 is 2.96. The minimum atomic E-state index is -0.128. The first-order chi connectivity index (χ1) is 16.5. The van der Waals surface area contributed by atoms with Crippen molar-refractivity contribution in [2.75, 3.05) is 11.9 Å². The number of amides is 2. The maximum absolute atomic E-state index is 12.5. The number of aryl methyl sites for hydroxylation is 2. The van der Waals surface area contributed by atoms with Crippen molar-refractivity contribution in [2.24, 2.45) is 0 Å². The molecule has 0 fully saturated rings. The Labute approximate surface area is 207 Å². The van der Waals surface area contributed by atoms with Crippen molar-refractivity contribution in [3.8, 4) is 21.8 Å². The molecule has 0 radical (unpaired) electrons. The van der Waals surface area contributed by atoms with Gasteiger partial charge in [-0.3, -0.25) is 9.59 Å². The Kier molecular flexibility index (Phi) is 7.82. The third-order valence-corrected chi connectivity index (χ3v) is 6.87. The standard InChI is InChI=1S/C26H26N4O2S2/c1-17-5-3-7-21(13-17)25-28-22(15-33-25)14-24(32)30-26-29-23(16-34-26)20-10-8-19(9-11-20)6-4-12-27-18(2)31/h3,5,7-11,13,15-16H,4,6,12,14H2,1-2H3,(H,27,31)(H,29,30,32). The summed E-state index contributed by atoms with van der Waals surface area (Å²) in [5.74, 6) is -0.128. The Morgan fingerprint density at radius 3 is 2.56 bits per heavy atom. The monoisotopic (exact) mass is 490 g/mol. The number of nitrogens with zero attached hydrogens (tertiary/aromatic N) is 2. The maximum Gasteiger partial charge on any atom is 0.232 e. The smallest absolute Gasteiger partial charge is 0.232 e. The van der Waals surface area contributed by atoms with Crippen LogP contribution >= 0.6 is 22.7 Å². The second-order valence-electron chi connectivity index (χ2n) is 8.06. The number of thiazole rings is 2. The van der Waals surface area contributed by atoms with Gasteiger partial charge in [0.1, 0.15) is 5.01 Å². The fraction of sp³-hybridized carbons (Fsp3) is 0.231. The largest absolute Gasteiger partial charge is 0.356 e. The summed E-state index contributed by atoms with van der Waals surface area (Å²) in [5, 5.41) is 11.1. The van der Waals surface area contributed by atoms with E-state index < -0.39 is 0 Å². The molecular formula is C26H26N4O2S2. The van der Waals surface area contributed by atoms with E-state index >= 15 is 0 Å². The number of hydrogen-bond acceptors (Lipinski definition) is 6. The SMILES string of the molecule is CC(=O)NCCCc1ccc(-c2csc(NC(=O)Cc3csc(-c4cccc(C)c4)n3)n2)cc1. The van der Waals surface area contributed by atoms with Crippen LogP contribution in [0.15, 0.2) is 59.3 Å². The number of carbonyl (C=O) groups excluding carboxylic acids is 2. The first kappa shape index (κ1) is 23.8. The molecule has 8 heteroatoms. The number of benzene rings is 2. The third-order valence-electron chi connectivity index (χ3n) is 5.17. The summed E-state index contributed by atoms with van der Waals surface area (Å²) < 4.78 is 0. The summed E-state index contributed by atoms with van der Waals surface area (Å²) in [4.78, 5) is 32.7. The molecule has 34 heavy (non-hydrogen) atoms. The van der Waals surface area contributed by atoms with Gasteiger partial charge in [0.2, 0.25) is 11.8 Å². The second-order valence-corrected chi connectivity index (χ2v) is 9.78. The number of aromatic nitrogens is 2. The Hall–Kier alpha value is -3.36. The first-order valence-electron chi connectivity index (χ1n) is 11.1. The lowest BCUT2D eigenvalue weighted by Gasteiger charge is -2.04. The molecule has 0 saturated carbocycles. The lowest BCUT2D eigenvalue weighted by atomic mass is 10.1. The van der Waals surface area contributed by atoms with Gasteiger partial charge in [-0.05, 0) is 31.4 Å². The number of anilines is 1. The van der Waals surface area contributed by atoms with Crippen LogP contribution in [0, 0.1) is 6.92 Å². The predicted molar refractivity (Wildman–Crippen MR) is 139 cm³/mol. The van der Waals surface area contributed by atoms with E-state index in [9.17, 15) is 9.59 Å². The number of rotatable bonds is 9. The minimum Gasteiger partial charge on any atom is -0.356 e. The number of hydrogen-bond donors (Lipinski definition) is 2. The molecule has 0 aliphatic rings. The summed E-state index contributed by atoms with van der Waals surface area (Å²) in [7, 11) is 0. The molecule has 2 heterocycles. The zero-order valence-electron chi connectivity index (χ0n) is 19.1. The van der Waals surface area contributed by atoms with Crippen LogP contribution in [0.1, 0.15) is 30.2 Å². The second kappa shape index (κ2) is 11.2. The summed E-state index contributed by atoms with van der Waals surface area (Å²) in [5.41, 5.74) is 6.06. The van der Waals surface area contributed by atoms with E-state index in [0.717, 1.165) is 40.4 Å². The number of carbonyl (C=O) groups is 2. The van der Waals surface area contributed by atoms with Gasteiger partial charge >= 0.3 is 0 Å². The molecular weight excluding hydrogens is 464 g/mol. The van der Waals surface area contributed by atoms with Gasteiger partial charge in [-0.1, -0.05) is 48.0 Å². The van der Waals surface area contributed by atoms with Crippen LogP contribution in [0.3, 0.4) is 0 Å². The Morgan fingerprint density at radius 1 is 0.971 bits per heavy atom. The van der Waals surface area contributed by atoms with E-state index in [-0.39, 0.29) is 18.2 Å². The van der Waals surface area contributed by atoms with Gasteiger partial charge in [0.15, 0.2) is 5.13 Å². The highest BCUT2D eigenvalue weighted by atomic mass is 32.1. The predicted octanol–water partition coefficient (Wildman–Crippen LogP) is 5.49. The average molecular weight is 491 g/mol. The van der Waals surface area contributed by atoms with Crippen molar-refractivity contribution in [3.05, 3.63) is 76.1 Å². The molecule has 4 rings (SSSR count). The summed E-state index contributed by atoms with van der Waals surface area (Å²) in [6.07, 6.45) is 2.02. The van der Waals surface area contributed by atoms with Crippen molar-refractivity contribution in [1.82, 2.24) is 15.3 Å². The molecule has 0 saturated heterocycles. The quantitative estimate of drug-likeness (QED) is 0.304. The van der Waals surface area contributed by atoms with Crippen LogP contribution in [-0.2, 0) is 22.4 Å². The Balaban J connectivity index is 1.30. The molecule has 2 N–H and O–H groups in total. The van der Waals surface area contributed by atoms with Gasteiger partial charge in [-0.2, -0.15) is 0 Å². The highest BCUT2D eigenvalue weighted by Gasteiger charge is 2.12. The van der Waals surface area contributed by atoms with E-state index in [1.54, 1.807) is 11.3 Å². The van der Waals surface area contributed by atoms with Gasteiger partial charge in [-0.15, -0.1) is 22.7 Å². The van der Waals surface area contributed by atoms with E-state index in [1.807, 2.05) is 35.0 Å². The van der Waals surface area contributed by atoms with Crippen LogP contribution in [0.5, 0.6) is 0 Å². The lowest BCUT2D eigenvalue weighted by Crippen LogP contribution is -2.21. The molecule has 4 aromatic rings. The van der Waals surface area contributed by atoms with Crippen LogP contribution in [0.25, 0.3) is 21.8 Å². The van der Waals surface area contributed by atoms with Crippen LogP contribution in [0.4, 0.5) is 5.13 Å². The molecule has 0 unspecified atom stereocenters. The molecule has 2 aromatic carbocycles. The summed E-state index contributed by atoms with van der Waals surface area (Å²) in [6.45, 7) is 4.26. The van der Waals surface area contributed by atoms with Crippen molar-refractivity contribution in [2.45, 2.75) is 33.1 Å². The third kappa shape index (κ3) is 6.59. The molecule has 0 bridgehead atoms. The lowest BCUT2D eigenvalue weighted by molar-refractivity contribution is -0.119. The highest BCUT2D eigenvalue weighted by Crippen LogP contribution is 2.27. The molecule has 2 aromatic heterocycles. The van der Waals surface area contributed by atoms with E-state index in [4.69, 9.17) is 0 Å². The fourth-order valence-electron chi connectivity index (χ4n) is 3.49. The van der Waals surface area contributed by atoms with Crippen molar-refractivity contribution in [3.63, 3.8) is 0 Å². The molecule has 0 aliphatic carbocycles. The van der Waals surface area contributed by atoms with Gasteiger partial charge in [0.25, 0.3) is 0 Å². The Bertz CT molecular complexity index is 1280. The van der Waals surface area contributed by atoms with Gasteiger partial charge in [-0.25, -0.2) is 9.97 Å². The highest BCUT2D eigenvalue weighted by molar-refractivity contribution is 7.14. The number of nitrogens with one attached hydrogen (secondary N) is 2. The maximum atomic E-state index is 12.5. The summed E-state index contributed by atoms with van der Waals surface area (Å²) in [6, 6.07) is 16.4. The zero-order valence-corrected chi connectivity index (χ0v) is 20.8. The van der Waals surface area contributed by atoms with Crippen LogP contribution < -0.4 is 10.6 Å². The first-order valence-corrected chi connectivity index (χ1v) is 12.8.